The predicted molar refractivity (Wildman–Crippen MR) is 52.1 cm³/mol. The number of ether oxygens (including phenoxy) is 1. The van der Waals surface area contributed by atoms with E-state index < -0.39 is 22.9 Å². The molecule has 0 spiro atoms. The Bertz CT molecular complexity index is 258. The van der Waals surface area contributed by atoms with E-state index in [4.69, 9.17) is 9.84 Å². The average Bonchev–Trinajstić information content (AvgIpc) is 2.50. The molecule has 0 aromatic carbocycles. The summed E-state index contributed by atoms with van der Waals surface area (Å²) in [6.45, 7) is 3.66. The summed E-state index contributed by atoms with van der Waals surface area (Å²) in [4.78, 5) is 21.2. The van der Waals surface area contributed by atoms with Crippen LogP contribution >= 0.6 is 11.8 Å². The quantitative estimate of drug-likeness (QED) is 0.653. The van der Waals surface area contributed by atoms with E-state index in [1.54, 1.807) is 13.8 Å². The standard InChI is InChI=1S/C8H13NO4S/c1-3-13-7(12)8(2)9-5(4-14-8)6(10)11/h5,9H,3-4H2,1-2H3,(H,10,11)/t5-,8+/m0/s1. The zero-order valence-electron chi connectivity index (χ0n) is 8.07. The van der Waals surface area contributed by atoms with E-state index in [0.29, 0.717) is 12.4 Å². The van der Waals surface area contributed by atoms with Gasteiger partial charge in [-0.2, -0.15) is 0 Å². The summed E-state index contributed by atoms with van der Waals surface area (Å²) >= 11 is 1.26. The molecule has 2 atom stereocenters. The molecule has 2 N–H and O–H groups in total. The number of carboxylic acids is 1. The van der Waals surface area contributed by atoms with Gasteiger partial charge in [-0.1, -0.05) is 0 Å². The van der Waals surface area contributed by atoms with Gasteiger partial charge < -0.3 is 9.84 Å². The Kier molecular flexibility index (Phi) is 3.38. The molecule has 0 aromatic rings. The Labute approximate surface area is 86.2 Å². The van der Waals surface area contributed by atoms with E-state index in [-0.39, 0.29) is 0 Å². The fourth-order valence-corrected chi connectivity index (χ4v) is 2.31. The van der Waals surface area contributed by atoms with Crippen LogP contribution in [0.5, 0.6) is 0 Å². The molecular formula is C8H13NO4S. The van der Waals surface area contributed by atoms with Crippen LogP contribution in [0.15, 0.2) is 0 Å². The topological polar surface area (TPSA) is 75.6 Å². The highest BCUT2D eigenvalue weighted by Gasteiger charge is 2.45. The zero-order chi connectivity index (χ0) is 10.8. The predicted octanol–water partition coefficient (Wildman–Crippen LogP) is 0.0553. The van der Waals surface area contributed by atoms with E-state index in [9.17, 15) is 9.59 Å². The highest BCUT2D eigenvalue weighted by Crippen LogP contribution is 2.31. The molecule has 5 nitrogen and oxygen atoms in total. The number of esters is 1. The van der Waals surface area contributed by atoms with E-state index in [1.807, 2.05) is 0 Å². The first kappa shape index (κ1) is 11.3. The summed E-state index contributed by atoms with van der Waals surface area (Å²) in [6.07, 6.45) is 0. The van der Waals surface area contributed by atoms with Crippen molar-refractivity contribution in [3.05, 3.63) is 0 Å². The van der Waals surface area contributed by atoms with Gasteiger partial charge in [-0.15, -0.1) is 11.8 Å². The largest absolute Gasteiger partial charge is 0.480 e. The second-order valence-corrected chi connectivity index (χ2v) is 4.54. The van der Waals surface area contributed by atoms with Gasteiger partial charge in [0.25, 0.3) is 0 Å². The lowest BCUT2D eigenvalue weighted by Gasteiger charge is -2.21. The monoisotopic (exact) mass is 219 g/mol. The number of aliphatic carboxylic acids is 1. The molecule has 0 unspecified atom stereocenters. The number of nitrogens with one attached hydrogen (secondary N) is 1. The minimum atomic E-state index is -0.939. The van der Waals surface area contributed by atoms with Crippen LogP contribution in [0.4, 0.5) is 0 Å². The summed E-state index contributed by atoms with van der Waals surface area (Å²) in [5.41, 5.74) is 0. The van der Waals surface area contributed by atoms with Crippen molar-refractivity contribution >= 4 is 23.7 Å². The molecule has 14 heavy (non-hydrogen) atoms. The third-order valence-corrected chi connectivity index (χ3v) is 3.31. The average molecular weight is 219 g/mol. The minimum Gasteiger partial charge on any atom is -0.480 e. The molecule has 0 aliphatic carbocycles. The van der Waals surface area contributed by atoms with Crippen molar-refractivity contribution in [1.82, 2.24) is 5.32 Å². The van der Waals surface area contributed by atoms with Crippen molar-refractivity contribution in [1.29, 1.82) is 0 Å². The minimum absolute atomic E-state index is 0.300. The van der Waals surface area contributed by atoms with Crippen LogP contribution in [-0.2, 0) is 14.3 Å². The second kappa shape index (κ2) is 4.18. The third-order valence-electron chi connectivity index (χ3n) is 1.95. The van der Waals surface area contributed by atoms with Crippen LogP contribution in [0.25, 0.3) is 0 Å². The first-order valence-electron chi connectivity index (χ1n) is 4.31. The third kappa shape index (κ3) is 2.19. The molecule has 80 valence electrons. The Morgan fingerprint density at radius 3 is 2.79 bits per heavy atom. The van der Waals surface area contributed by atoms with Crippen molar-refractivity contribution in [2.45, 2.75) is 24.8 Å². The lowest BCUT2D eigenvalue weighted by Crippen LogP contribution is -2.49. The molecular weight excluding hydrogens is 206 g/mol. The molecule has 0 radical (unpaired) electrons. The number of carbonyl (C=O) groups excluding carboxylic acids is 1. The Hall–Kier alpha value is -0.750. The van der Waals surface area contributed by atoms with E-state index in [0.717, 1.165) is 0 Å². The highest BCUT2D eigenvalue weighted by molar-refractivity contribution is 8.01. The van der Waals surface area contributed by atoms with E-state index in [1.165, 1.54) is 11.8 Å². The van der Waals surface area contributed by atoms with Crippen LogP contribution in [0.3, 0.4) is 0 Å². The molecule has 1 saturated heterocycles. The molecule has 1 aliphatic rings. The van der Waals surface area contributed by atoms with E-state index >= 15 is 0 Å². The summed E-state index contributed by atoms with van der Waals surface area (Å²) < 4.78 is 4.84. The van der Waals surface area contributed by atoms with Gasteiger partial charge in [0, 0.05) is 5.75 Å². The van der Waals surface area contributed by atoms with Crippen molar-refractivity contribution in [2.24, 2.45) is 0 Å². The summed E-state index contributed by atoms with van der Waals surface area (Å²) in [5.74, 6) is -0.968. The molecule has 1 fully saturated rings. The lowest BCUT2D eigenvalue weighted by atomic mass is 10.2. The summed E-state index contributed by atoms with van der Waals surface area (Å²) in [6, 6.07) is -0.672. The molecule has 0 amide bonds. The maximum Gasteiger partial charge on any atom is 0.336 e. The Morgan fingerprint density at radius 1 is 1.71 bits per heavy atom. The number of carbonyl (C=O) groups is 2. The molecule has 1 aliphatic heterocycles. The van der Waals surface area contributed by atoms with Gasteiger partial charge in [0.15, 0.2) is 4.87 Å². The van der Waals surface area contributed by atoms with Crippen molar-refractivity contribution in [3.8, 4) is 0 Å². The number of thioether (sulfide) groups is 1. The maximum atomic E-state index is 11.4. The Balaban J connectivity index is 2.61. The van der Waals surface area contributed by atoms with Crippen molar-refractivity contribution in [3.63, 3.8) is 0 Å². The molecule has 1 heterocycles. The van der Waals surface area contributed by atoms with Gasteiger partial charge in [-0.25, -0.2) is 4.79 Å². The van der Waals surface area contributed by atoms with Crippen molar-refractivity contribution in [2.75, 3.05) is 12.4 Å². The zero-order valence-corrected chi connectivity index (χ0v) is 8.89. The fraction of sp³-hybridized carbons (Fsp3) is 0.750. The lowest BCUT2D eigenvalue weighted by molar-refractivity contribution is -0.147. The molecule has 6 heteroatoms. The SMILES string of the molecule is CCOC(=O)[C@]1(C)N[C@H](C(=O)O)CS1. The summed E-state index contributed by atoms with van der Waals surface area (Å²) in [5, 5.41) is 11.5. The number of rotatable bonds is 3. The van der Waals surface area contributed by atoms with Crippen LogP contribution in [0.1, 0.15) is 13.8 Å². The smallest absolute Gasteiger partial charge is 0.336 e. The number of carboxylic acid groups (broad SMARTS) is 1. The first-order valence-corrected chi connectivity index (χ1v) is 5.30. The van der Waals surface area contributed by atoms with E-state index in [2.05, 4.69) is 5.32 Å². The number of hydrogen-bond acceptors (Lipinski definition) is 5. The van der Waals surface area contributed by atoms with Gasteiger partial charge in [0.1, 0.15) is 6.04 Å². The first-order chi connectivity index (χ1) is 6.49. The summed E-state index contributed by atoms with van der Waals surface area (Å²) in [7, 11) is 0. The van der Waals surface area contributed by atoms with Crippen molar-refractivity contribution < 1.29 is 19.4 Å². The van der Waals surface area contributed by atoms with Gasteiger partial charge in [0.05, 0.1) is 6.61 Å². The number of hydrogen-bond donors (Lipinski definition) is 2. The second-order valence-electron chi connectivity index (χ2n) is 3.10. The molecule has 0 aromatic heterocycles. The van der Waals surface area contributed by atoms with Gasteiger partial charge >= 0.3 is 11.9 Å². The van der Waals surface area contributed by atoms with Gasteiger partial charge in [-0.05, 0) is 13.8 Å². The highest BCUT2D eigenvalue weighted by atomic mass is 32.2. The normalized spacial score (nSPS) is 31.4. The Morgan fingerprint density at radius 2 is 2.36 bits per heavy atom. The van der Waals surface area contributed by atoms with Gasteiger partial charge in [0.2, 0.25) is 0 Å². The molecule has 1 rings (SSSR count). The van der Waals surface area contributed by atoms with Crippen LogP contribution in [-0.4, -0.2) is 40.3 Å². The molecule has 0 bridgehead atoms. The van der Waals surface area contributed by atoms with Gasteiger partial charge in [-0.3, -0.25) is 10.1 Å². The fourth-order valence-electron chi connectivity index (χ4n) is 1.19. The van der Waals surface area contributed by atoms with Crippen LogP contribution in [0.2, 0.25) is 0 Å². The maximum absolute atomic E-state index is 11.4. The molecule has 0 saturated carbocycles. The van der Waals surface area contributed by atoms with Crippen LogP contribution in [0, 0.1) is 0 Å². The van der Waals surface area contributed by atoms with Crippen LogP contribution < -0.4 is 5.32 Å².